The summed E-state index contributed by atoms with van der Waals surface area (Å²) in [6, 6.07) is 11.0. The second-order valence-electron chi connectivity index (χ2n) is 6.40. The number of aromatic nitrogens is 1. The van der Waals surface area contributed by atoms with Gasteiger partial charge in [-0.05, 0) is 48.5 Å². The molecule has 0 fully saturated rings. The molecule has 0 aliphatic heterocycles. The fourth-order valence-electron chi connectivity index (χ4n) is 2.57. The van der Waals surface area contributed by atoms with E-state index in [9.17, 15) is 27.6 Å². The molecule has 13 heteroatoms. The van der Waals surface area contributed by atoms with Crippen molar-refractivity contribution in [2.24, 2.45) is 0 Å². The number of nitrogens with one attached hydrogen (secondary N) is 3. The third-order valence-corrected chi connectivity index (χ3v) is 4.35. The SMILES string of the molecule is O=CNOC(=O)c1cc(Oc2ccc(NC(=O)Nc3ccc(Cl)c(C(F)(F)F)c3)cc2)ccn1. The minimum atomic E-state index is -4.66. The first kappa shape index (κ1) is 24.3. The number of anilines is 2. The summed E-state index contributed by atoms with van der Waals surface area (Å²) in [5.41, 5.74) is 0.811. The van der Waals surface area contributed by atoms with Crippen molar-refractivity contribution in [2.75, 3.05) is 10.6 Å². The Morgan fingerprint density at radius 3 is 2.29 bits per heavy atom. The lowest BCUT2D eigenvalue weighted by Crippen LogP contribution is -2.19. The van der Waals surface area contributed by atoms with Crippen molar-refractivity contribution in [1.82, 2.24) is 10.5 Å². The van der Waals surface area contributed by atoms with Crippen LogP contribution in [0.5, 0.6) is 11.5 Å². The molecule has 0 spiro atoms. The summed E-state index contributed by atoms with van der Waals surface area (Å²) in [5.74, 6) is -0.309. The highest BCUT2D eigenvalue weighted by atomic mass is 35.5. The molecule has 3 rings (SSSR count). The molecule has 0 bridgehead atoms. The topological polar surface area (TPSA) is 119 Å². The van der Waals surface area contributed by atoms with Crippen molar-refractivity contribution in [3.8, 4) is 11.5 Å². The molecular formula is C21H14ClF3N4O5. The number of hydrogen-bond acceptors (Lipinski definition) is 6. The van der Waals surface area contributed by atoms with Gasteiger partial charge >= 0.3 is 18.2 Å². The van der Waals surface area contributed by atoms with Crippen LogP contribution in [0.15, 0.2) is 60.8 Å². The van der Waals surface area contributed by atoms with Gasteiger partial charge in [-0.3, -0.25) is 4.79 Å². The van der Waals surface area contributed by atoms with Crippen LogP contribution in [-0.2, 0) is 15.8 Å². The van der Waals surface area contributed by atoms with Gasteiger partial charge in [-0.1, -0.05) is 11.6 Å². The summed E-state index contributed by atoms with van der Waals surface area (Å²) in [6.45, 7) is 0. The lowest BCUT2D eigenvalue weighted by Gasteiger charge is -2.12. The van der Waals surface area contributed by atoms with E-state index in [1.54, 1.807) is 5.48 Å². The fourth-order valence-corrected chi connectivity index (χ4v) is 2.80. The predicted molar refractivity (Wildman–Crippen MR) is 114 cm³/mol. The molecule has 0 aliphatic carbocycles. The molecule has 1 aromatic heterocycles. The molecule has 3 amide bonds. The number of carbonyl (C=O) groups excluding carboxylic acids is 3. The largest absolute Gasteiger partial charge is 0.457 e. The standard InChI is InChI=1S/C21H14ClF3N4O5/c22-17-6-3-13(9-16(17)21(23,24)25)29-20(32)28-12-1-4-14(5-2-12)33-15-7-8-26-18(10-15)19(31)34-27-11-30/h1-11H,(H,27,30)(H2,28,29,32). The van der Waals surface area contributed by atoms with Crippen LogP contribution in [0.1, 0.15) is 16.1 Å². The van der Waals surface area contributed by atoms with Crippen LogP contribution in [0.4, 0.5) is 29.3 Å². The van der Waals surface area contributed by atoms with E-state index in [1.807, 2.05) is 0 Å². The second kappa shape index (κ2) is 10.5. The smallest absolute Gasteiger partial charge is 0.417 e. The summed E-state index contributed by atoms with van der Waals surface area (Å²) in [6.07, 6.45) is -3.18. The number of pyridine rings is 1. The van der Waals surface area contributed by atoms with Crippen molar-refractivity contribution in [2.45, 2.75) is 6.18 Å². The monoisotopic (exact) mass is 494 g/mol. The Hall–Kier alpha value is -4.32. The van der Waals surface area contributed by atoms with Gasteiger partial charge in [-0.25, -0.2) is 14.6 Å². The Bertz CT molecular complexity index is 1210. The van der Waals surface area contributed by atoms with Gasteiger partial charge in [-0.15, -0.1) is 0 Å². The van der Waals surface area contributed by atoms with Crippen molar-refractivity contribution in [3.05, 3.63) is 77.1 Å². The van der Waals surface area contributed by atoms with Crippen LogP contribution in [0.3, 0.4) is 0 Å². The first-order valence-electron chi connectivity index (χ1n) is 9.25. The zero-order valence-electron chi connectivity index (χ0n) is 16.9. The molecule has 3 aromatic rings. The van der Waals surface area contributed by atoms with Crippen molar-refractivity contribution in [3.63, 3.8) is 0 Å². The molecule has 9 nitrogen and oxygen atoms in total. The van der Waals surface area contributed by atoms with Gasteiger partial charge in [0.25, 0.3) is 0 Å². The highest BCUT2D eigenvalue weighted by Crippen LogP contribution is 2.36. The minimum absolute atomic E-state index is 0.0930. The molecule has 0 radical (unpaired) electrons. The zero-order chi connectivity index (χ0) is 24.7. The van der Waals surface area contributed by atoms with Crippen molar-refractivity contribution < 1.29 is 37.1 Å². The van der Waals surface area contributed by atoms with E-state index < -0.39 is 28.8 Å². The third kappa shape index (κ3) is 6.59. The van der Waals surface area contributed by atoms with Crippen LogP contribution in [0.25, 0.3) is 0 Å². The van der Waals surface area contributed by atoms with Gasteiger partial charge in [0.2, 0.25) is 6.41 Å². The van der Waals surface area contributed by atoms with E-state index in [-0.39, 0.29) is 23.5 Å². The molecular weight excluding hydrogens is 481 g/mol. The molecule has 0 saturated carbocycles. The van der Waals surface area contributed by atoms with Crippen LogP contribution in [-0.4, -0.2) is 23.4 Å². The highest BCUT2D eigenvalue weighted by Gasteiger charge is 2.33. The lowest BCUT2D eigenvalue weighted by atomic mass is 10.2. The number of benzene rings is 2. The quantitative estimate of drug-likeness (QED) is 0.314. The van der Waals surface area contributed by atoms with Crippen LogP contribution >= 0.6 is 11.6 Å². The number of halogens is 4. The van der Waals surface area contributed by atoms with E-state index in [1.165, 1.54) is 48.7 Å². The molecule has 176 valence electrons. The Morgan fingerprint density at radius 2 is 1.62 bits per heavy atom. The second-order valence-corrected chi connectivity index (χ2v) is 6.81. The lowest BCUT2D eigenvalue weighted by molar-refractivity contribution is -0.137. The maximum absolute atomic E-state index is 13.0. The van der Waals surface area contributed by atoms with E-state index in [0.717, 1.165) is 12.1 Å². The van der Waals surface area contributed by atoms with Crippen molar-refractivity contribution in [1.29, 1.82) is 0 Å². The first-order chi connectivity index (χ1) is 16.2. The van der Waals surface area contributed by atoms with E-state index in [2.05, 4.69) is 20.5 Å². The van der Waals surface area contributed by atoms with Gasteiger partial charge in [0, 0.05) is 23.6 Å². The van der Waals surface area contributed by atoms with Gasteiger partial charge in [-0.2, -0.15) is 18.7 Å². The number of ether oxygens (including phenoxy) is 1. The summed E-state index contributed by atoms with van der Waals surface area (Å²) in [4.78, 5) is 42.2. The molecule has 0 unspecified atom stereocenters. The fraction of sp³-hybridized carbons (Fsp3) is 0.0476. The molecule has 0 atom stereocenters. The third-order valence-electron chi connectivity index (χ3n) is 4.02. The van der Waals surface area contributed by atoms with E-state index >= 15 is 0 Å². The predicted octanol–water partition coefficient (Wildman–Crippen LogP) is 5.01. The Kier molecular flexibility index (Phi) is 7.53. The number of carbonyl (C=O) groups is 3. The van der Waals surface area contributed by atoms with Crippen LogP contribution in [0.2, 0.25) is 5.02 Å². The Morgan fingerprint density at radius 1 is 0.941 bits per heavy atom. The average Bonchev–Trinajstić information content (AvgIpc) is 2.79. The van der Waals surface area contributed by atoms with Gasteiger partial charge in [0.1, 0.15) is 11.5 Å². The van der Waals surface area contributed by atoms with E-state index in [0.29, 0.717) is 11.4 Å². The number of hydroxylamine groups is 1. The minimum Gasteiger partial charge on any atom is -0.457 e. The summed E-state index contributed by atoms with van der Waals surface area (Å²) < 4.78 is 44.5. The average molecular weight is 495 g/mol. The molecule has 0 aliphatic rings. The number of amides is 3. The number of urea groups is 1. The summed E-state index contributed by atoms with van der Waals surface area (Å²) in [7, 11) is 0. The normalized spacial score (nSPS) is 10.7. The maximum atomic E-state index is 13.0. The van der Waals surface area contributed by atoms with Crippen LogP contribution < -0.4 is 20.9 Å². The maximum Gasteiger partial charge on any atom is 0.417 e. The van der Waals surface area contributed by atoms with Gasteiger partial charge in [0.15, 0.2) is 5.69 Å². The highest BCUT2D eigenvalue weighted by molar-refractivity contribution is 6.31. The Labute approximate surface area is 194 Å². The zero-order valence-corrected chi connectivity index (χ0v) is 17.6. The molecule has 2 aromatic carbocycles. The first-order valence-corrected chi connectivity index (χ1v) is 9.62. The van der Waals surface area contributed by atoms with E-state index in [4.69, 9.17) is 16.3 Å². The van der Waals surface area contributed by atoms with Gasteiger partial charge in [0.05, 0.1) is 10.6 Å². The molecule has 0 saturated heterocycles. The molecule has 1 heterocycles. The number of alkyl halides is 3. The Balaban J connectivity index is 1.61. The summed E-state index contributed by atoms with van der Waals surface area (Å²) in [5, 5.41) is 4.29. The molecule has 3 N–H and O–H groups in total. The number of rotatable bonds is 7. The van der Waals surface area contributed by atoms with Gasteiger partial charge < -0.3 is 20.2 Å². The number of nitrogens with zero attached hydrogens (tertiary/aromatic N) is 1. The number of hydrogen-bond donors (Lipinski definition) is 3. The van der Waals surface area contributed by atoms with Crippen molar-refractivity contribution >= 4 is 41.4 Å². The van der Waals surface area contributed by atoms with Crippen LogP contribution in [0, 0.1) is 0 Å². The summed E-state index contributed by atoms with van der Waals surface area (Å²) >= 11 is 5.56. The molecule has 34 heavy (non-hydrogen) atoms.